The van der Waals surface area contributed by atoms with Crippen molar-refractivity contribution in [3.63, 3.8) is 0 Å². The molecule has 0 radical (unpaired) electrons. The molecule has 1 atom stereocenters. The van der Waals surface area contributed by atoms with Gasteiger partial charge in [0.2, 0.25) is 11.8 Å². The van der Waals surface area contributed by atoms with E-state index in [1.807, 2.05) is 30.3 Å². The van der Waals surface area contributed by atoms with E-state index in [4.69, 9.17) is 34.8 Å². The summed E-state index contributed by atoms with van der Waals surface area (Å²) >= 11 is 18.7. The molecule has 44 heavy (non-hydrogen) atoms. The van der Waals surface area contributed by atoms with E-state index in [0.29, 0.717) is 38.4 Å². The number of sulfonamides is 1. The van der Waals surface area contributed by atoms with Crippen LogP contribution in [0.2, 0.25) is 15.1 Å². The Balaban J connectivity index is 1.82. The number of amides is 2. The molecule has 2 amide bonds. The summed E-state index contributed by atoms with van der Waals surface area (Å²) in [6.07, 6.45) is 0.192. The number of carbonyl (C=O) groups is 2. The highest BCUT2D eigenvalue weighted by atomic mass is 35.5. The lowest BCUT2D eigenvalue weighted by molar-refractivity contribution is -0.140. The first-order chi connectivity index (χ1) is 21.0. The Morgan fingerprint density at radius 2 is 1.48 bits per heavy atom. The first-order valence-electron chi connectivity index (χ1n) is 13.9. The number of nitrogens with zero attached hydrogens (tertiary/aromatic N) is 2. The van der Waals surface area contributed by atoms with Crippen LogP contribution >= 0.6 is 34.8 Å². The van der Waals surface area contributed by atoms with E-state index in [1.165, 1.54) is 29.2 Å². The third-order valence-corrected chi connectivity index (χ3v) is 9.66. The van der Waals surface area contributed by atoms with E-state index in [9.17, 15) is 18.0 Å². The lowest BCUT2D eigenvalue weighted by Gasteiger charge is -2.34. The maximum atomic E-state index is 14.4. The van der Waals surface area contributed by atoms with Gasteiger partial charge in [0.15, 0.2) is 0 Å². The third-order valence-electron chi connectivity index (χ3n) is 7.04. The van der Waals surface area contributed by atoms with Gasteiger partial charge < -0.3 is 10.2 Å². The molecule has 0 aromatic heterocycles. The molecule has 7 nitrogen and oxygen atoms in total. The van der Waals surface area contributed by atoms with Crippen LogP contribution in [0.25, 0.3) is 0 Å². The van der Waals surface area contributed by atoms with Crippen molar-refractivity contribution in [1.82, 2.24) is 10.2 Å². The number of anilines is 1. The van der Waals surface area contributed by atoms with E-state index in [-0.39, 0.29) is 23.8 Å². The summed E-state index contributed by atoms with van der Waals surface area (Å²) in [5.74, 6) is -0.971. The fraction of sp³-hybridized carbons (Fsp3) is 0.212. The van der Waals surface area contributed by atoms with Crippen molar-refractivity contribution in [2.45, 2.75) is 37.8 Å². The lowest BCUT2D eigenvalue weighted by atomic mass is 10.0. The number of aryl methyl sites for hydroxylation is 1. The summed E-state index contributed by atoms with van der Waals surface area (Å²) in [4.78, 5) is 29.4. The maximum absolute atomic E-state index is 14.4. The minimum absolute atomic E-state index is 0.0326. The summed E-state index contributed by atoms with van der Waals surface area (Å²) in [7, 11) is -4.24. The molecule has 4 rings (SSSR count). The molecule has 0 aliphatic carbocycles. The number of benzene rings is 4. The molecule has 0 unspecified atom stereocenters. The van der Waals surface area contributed by atoms with Gasteiger partial charge in [-0.05, 0) is 73.0 Å². The number of hydrogen-bond donors (Lipinski definition) is 1. The van der Waals surface area contributed by atoms with Crippen molar-refractivity contribution in [2.24, 2.45) is 0 Å². The average Bonchev–Trinajstić information content (AvgIpc) is 3.00. The van der Waals surface area contributed by atoms with Crippen molar-refractivity contribution >= 4 is 62.3 Å². The molecule has 230 valence electrons. The largest absolute Gasteiger partial charge is 0.355 e. The number of para-hydroxylation sites is 1. The first-order valence-corrected chi connectivity index (χ1v) is 16.5. The molecule has 0 heterocycles. The maximum Gasteiger partial charge on any atom is 0.264 e. The highest BCUT2D eigenvalue weighted by Crippen LogP contribution is 2.29. The van der Waals surface area contributed by atoms with Crippen molar-refractivity contribution in [3.8, 4) is 0 Å². The summed E-state index contributed by atoms with van der Waals surface area (Å²) in [6.45, 7) is 3.26. The smallest absolute Gasteiger partial charge is 0.264 e. The minimum atomic E-state index is -4.24. The first kappa shape index (κ1) is 33.3. The van der Waals surface area contributed by atoms with Crippen molar-refractivity contribution in [3.05, 3.63) is 129 Å². The van der Waals surface area contributed by atoms with Gasteiger partial charge in [-0.3, -0.25) is 13.9 Å². The number of likely N-dealkylation sites (N-methyl/N-ethyl adjacent to an activating group) is 1. The Morgan fingerprint density at radius 3 is 2.11 bits per heavy atom. The number of nitrogens with one attached hydrogen (secondary N) is 1. The predicted molar refractivity (Wildman–Crippen MR) is 177 cm³/mol. The second kappa shape index (κ2) is 14.9. The zero-order chi connectivity index (χ0) is 31.9. The number of carbonyl (C=O) groups excluding carboxylic acids is 2. The van der Waals surface area contributed by atoms with Crippen LogP contribution in [0.15, 0.2) is 102 Å². The van der Waals surface area contributed by atoms with Crippen molar-refractivity contribution in [1.29, 1.82) is 0 Å². The van der Waals surface area contributed by atoms with E-state index < -0.39 is 28.5 Å². The van der Waals surface area contributed by atoms with Crippen molar-refractivity contribution in [2.75, 3.05) is 17.4 Å². The van der Waals surface area contributed by atoms with Gasteiger partial charge in [-0.25, -0.2) is 8.42 Å². The van der Waals surface area contributed by atoms with Crippen LogP contribution < -0.4 is 9.62 Å². The molecule has 4 aromatic carbocycles. The quantitative estimate of drug-likeness (QED) is 0.177. The molecular formula is C33H32Cl3N3O4S. The third kappa shape index (κ3) is 8.12. The molecule has 0 saturated carbocycles. The fourth-order valence-electron chi connectivity index (χ4n) is 4.77. The zero-order valence-corrected chi connectivity index (χ0v) is 27.3. The number of halogens is 3. The zero-order valence-electron chi connectivity index (χ0n) is 24.2. The Bertz CT molecular complexity index is 1720. The van der Waals surface area contributed by atoms with E-state index in [1.54, 1.807) is 56.3 Å². The molecular weight excluding hydrogens is 641 g/mol. The average molecular weight is 673 g/mol. The standard InChI is InChI=1S/C33H32Cl3N3O4S/c1-3-37-33(41)31(19-24-10-5-4-6-11-24)38(21-25-13-14-27(35)20-29(25)36)32(40)22-39(30-12-8-7-9-23(30)2)44(42,43)28-17-15-26(34)16-18-28/h4-18,20,31H,3,19,21-22H2,1-2H3,(H,37,41)/t31-/m0/s1. The monoisotopic (exact) mass is 671 g/mol. The van der Waals surface area contributed by atoms with Crippen LogP contribution in [0.1, 0.15) is 23.6 Å². The number of hydrogen-bond acceptors (Lipinski definition) is 4. The Kier molecular flexibility index (Phi) is 11.3. The predicted octanol–water partition coefficient (Wildman–Crippen LogP) is 6.93. The second-order valence-corrected chi connectivity index (χ2v) is 13.3. The molecule has 0 bridgehead atoms. The van der Waals surface area contributed by atoms with E-state index in [2.05, 4.69) is 5.32 Å². The summed E-state index contributed by atoms with van der Waals surface area (Å²) in [6, 6.07) is 25.9. The molecule has 0 spiro atoms. The Hall–Kier alpha value is -3.56. The highest BCUT2D eigenvalue weighted by Gasteiger charge is 2.35. The van der Waals surface area contributed by atoms with Gasteiger partial charge >= 0.3 is 0 Å². The van der Waals surface area contributed by atoms with Crippen LogP contribution in [-0.4, -0.2) is 44.3 Å². The van der Waals surface area contributed by atoms with Crippen LogP contribution in [0.5, 0.6) is 0 Å². The van der Waals surface area contributed by atoms with Crippen molar-refractivity contribution < 1.29 is 18.0 Å². The van der Waals surface area contributed by atoms with Gasteiger partial charge in [0, 0.05) is 34.6 Å². The van der Waals surface area contributed by atoms with Gasteiger partial charge in [-0.1, -0.05) is 89.4 Å². The molecule has 11 heteroatoms. The normalized spacial score (nSPS) is 11.9. The summed E-state index contributed by atoms with van der Waals surface area (Å²) < 4.78 is 29.3. The second-order valence-electron chi connectivity index (χ2n) is 10.1. The van der Waals surface area contributed by atoms with Crippen LogP contribution in [0.4, 0.5) is 5.69 Å². The van der Waals surface area contributed by atoms with Crippen LogP contribution in [0, 0.1) is 6.92 Å². The van der Waals surface area contributed by atoms with E-state index >= 15 is 0 Å². The Labute approximate surface area is 273 Å². The molecule has 0 aliphatic rings. The Morgan fingerprint density at radius 1 is 0.841 bits per heavy atom. The van der Waals surface area contributed by atoms with Gasteiger partial charge in [0.25, 0.3) is 10.0 Å². The molecule has 0 saturated heterocycles. The fourth-order valence-corrected chi connectivity index (χ4v) is 6.84. The SMILES string of the molecule is CCNC(=O)[C@H](Cc1ccccc1)N(Cc1ccc(Cl)cc1Cl)C(=O)CN(c1ccccc1C)S(=O)(=O)c1ccc(Cl)cc1. The van der Waals surface area contributed by atoms with Gasteiger partial charge in [0.05, 0.1) is 10.6 Å². The molecule has 4 aromatic rings. The van der Waals surface area contributed by atoms with Crippen LogP contribution in [0.3, 0.4) is 0 Å². The minimum Gasteiger partial charge on any atom is -0.355 e. The summed E-state index contributed by atoms with van der Waals surface area (Å²) in [5.41, 5.74) is 2.36. The highest BCUT2D eigenvalue weighted by molar-refractivity contribution is 7.92. The lowest BCUT2D eigenvalue weighted by Crippen LogP contribution is -2.53. The van der Waals surface area contributed by atoms with Gasteiger partial charge in [0.1, 0.15) is 12.6 Å². The van der Waals surface area contributed by atoms with Crippen LogP contribution in [-0.2, 0) is 32.6 Å². The van der Waals surface area contributed by atoms with E-state index in [0.717, 1.165) is 9.87 Å². The van der Waals surface area contributed by atoms with Gasteiger partial charge in [-0.15, -0.1) is 0 Å². The molecule has 1 N–H and O–H groups in total. The van der Waals surface area contributed by atoms with Gasteiger partial charge in [-0.2, -0.15) is 0 Å². The number of rotatable bonds is 12. The molecule has 0 aliphatic heterocycles. The topological polar surface area (TPSA) is 86.8 Å². The summed E-state index contributed by atoms with van der Waals surface area (Å²) in [5, 5.41) is 3.94. The molecule has 0 fully saturated rings.